The van der Waals surface area contributed by atoms with Gasteiger partial charge in [-0.05, 0) is 65.5 Å². The van der Waals surface area contributed by atoms with E-state index >= 15 is 0 Å². The Labute approximate surface area is 171 Å². The third kappa shape index (κ3) is 4.07. The summed E-state index contributed by atoms with van der Waals surface area (Å²) in [5.74, 6) is 0.281. The lowest BCUT2D eigenvalue weighted by molar-refractivity contribution is -0.132. The maximum absolute atomic E-state index is 12.5. The van der Waals surface area contributed by atoms with E-state index in [0.717, 1.165) is 3.57 Å². The molecule has 2 amide bonds. The Hall–Kier alpha value is -1.94. The number of halogens is 1. The first kappa shape index (κ1) is 20.4. The van der Waals surface area contributed by atoms with E-state index in [1.807, 2.05) is 13.0 Å². The summed E-state index contributed by atoms with van der Waals surface area (Å²) >= 11 is 7.22. The minimum Gasteiger partial charge on any atom is -0.490 e. The average molecular weight is 486 g/mol. The lowest BCUT2D eigenvalue weighted by Crippen LogP contribution is -2.52. The summed E-state index contributed by atoms with van der Waals surface area (Å²) in [6.45, 7) is 6.31. The van der Waals surface area contributed by atoms with Crippen LogP contribution < -0.4 is 9.47 Å². The standard InChI is InChI=1S/C18H19IN2O4S/c1-5-7-25-15-13(19)9-11(10-14(15)24-6-2)8-12-16(22)20(3)18(26)21(4)17(12)23/h5,8-10H,1,6-7H2,2-4H3. The molecular weight excluding hydrogens is 467 g/mol. The van der Waals surface area contributed by atoms with Crippen molar-refractivity contribution in [2.45, 2.75) is 6.92 Å². The Morgan fingerprint density at radius 2 is 1.81 bits per heavy atom. The van der Waals surface area contributed by atoms with Gasteiger partial charge in [0.1, 0.15) is 12.2 Å². The van der Waals surface area contributed by atoms with Crippen molar-refractivity contribution in [3.05, 3.63) is 39.5 Å². The van der Waals surface area contributed by atoms with Crippen molar-refractivity contribution in [1.82, 2.24) is 9.80 Å². The van der Waals surface area contributed by atoms with Crippen molar-refractivity contribution in [3.8, 4) is 11.5 Å². The highest BCUT2D eigenvalue weighted by Gasteiger charge is 2.35. The molecule has 0 aromatic heterocycles. The molecule has 0 spiro atoms. The van der Waals surface area contributed by atoms with Gasteiger partial charge in [-0.3, -0.25) is 19.4 Å². The zero-order valence-electron chi connectivity index (χ0n) is 14.7. The molecule has 1 aromatic rings. The van der Waals surface area contributed by atoms with Crippen LogP contribution in [-0.2, 0) is 9.59 Å². The molecule has 1 aliphatic heterocycles. The topological polar surface area (TPSA) is 59.1 Å². The van der Waals surface area contributed by atoms with E-state index < -0.39 is 11.8 Å². The normalized spacial score (nSPS) is 14.6. The van der Waals surface area contributed by atoms with Crippen molar-refractivity contribution in [2.24, 2.45) is 0 Å². The largest absolute Gasteiger partial charge is 0.490 e. The summed E-state index contributed by atoms with van der Waals surface area (Å²) in [4.78, 5) is 27.5. The first-order valence-corrected chi connectivity index (χ1v) is 9.32. The average Bonchev–Trinajstić information content (AvgIpc) is 2.61. The molecule has 8 heteroatoms. The van der Waals surface area contributed by atoms with Gasteiger partial charge in [-0.25, -0.2) is 0 Å². The fourth-order valence-electron chi connectivity index (χ4n) is 2.36. The van der Waals surface area contributed by atoms with Gasteiger partial charge in [0, 0.05) is 14.1 Å². The van der Waals surface area contributed by atoms with Crippen LogP contribution in [0.3, 0.4) is 0 Å². The van der Waals surface area contributed by atoms with Crippen LogP contribution in [0.5, 0.6) is 11.5 Å². The molecule has 26 heavy (non-hydrogen) atoms. The molecule has 138 valence electrons. The number of carbonyl (C=O) groups is 2. The SMILES string of the molecule is C=CCOc1c(I)cc(C=C2C(=O)N(C)C(=S)N(C)C2=O)cc1OCC. The first-order valence-electron chi connectivity index (χ1n) is 7.83. The Balaban J connectivity index is 2.49. The molecule has 0 atom stereocenters. The number of hydrogen-bond donors (Lipinski definition) is 0. The van der Waals surface area contributed by atoms with Crippen molar-refractivity contribution in [3.63, 3.8) is 0 Å². The molecule has 0 saturated carbocycles. The Bertz CT molecular complexity index is 781. The molecule has 2 rings (SSSR count). The Kier molecular flexibility index (Phi) is 6.76. The van der Waals surface area contributed by atoms with Crippen LogP contribution >= 0.6 is 34.8 Å². The molecule has 0 bridgehead atoms. The Morgan fingerprint density at radius 3 is 2.35 bits per heavy atom. The highest BCUT2D eigenvalue weighted by atomic mass is 127. The van der Waals surface area contributed by atoms with Crippen molar-refractivity contribution in [2.75, 3.05) is 27.3 Å². The van der Waals surface area contributed by atoms with E-state index in [-0.39, 0.29) is 10.7 Å². The number of hydrogen-bond acceptors (Lipinski definition) is 5. The third-order valence-electron chi connectivity index (χ3n) is 3.63. The highest BCUT2D eigenvalue weighted by Crippen LogP contribution is 2.35. The molecule has 6 nitrogen and oxygen atoms in total. The van der Waals surface area contributed by atoms with Gasteiger partial charge in [0.05, 0.1) is 10.2 Å². The molecular formula is C18H19IN2O4S. The lowest BCUT2D eigenvalue weighted by atomic mass is 10.1. The predicted molar refractivity (Wildman–Crippen MR) is 112 cm³/mol. The van der Waals surface area contributed by atoms with Crippen LogP contribution in [-0.4, -0.2) is 54.0 Å². The van der Waals surface area contributed by atoms with Crippen LogP contribution in [0.25, 0.3) is 6.08 Å². The number of benzene rings is 1. The second-order valence-corrected chi connectivity index (χ2v) is 6.96. The van der Waals surface area contributed by atoms with Gasteiger partial charge in [-0.15, -0.1) is 0 Å². The van der Waals surface area contributed by atoms with Crippen LogP contribution in [0.15, 0.2) is 30.4 Å². The maximum Gasteiger partial charge on any atom is 0.265 e. The second-order valence-electron chi connectivity index (χ2n) is 5.43. The summed E-state index contributed by atoms with van der Waals surface area (Å²) in [5, 5.41) is 0.176. The summed E-state index contributed by atoms with van der Waals surface area (Å²) < 4.78 is 12.1. The van der Waals surface area contributed by atoms with Crippen LogP contribution in [0.2, 0.25) is 0 Å². The minimum absolute atomic E-state index is 0.0432. The van der Waals surface area contributed by atoms with Gasteiger partial charge >= 0.3 is 0 Å². The minimum atomic E-state index is -0.432. The van der Waals surface area contributed by atoms with Gasteiger partial charge in [-0.1, -0.05) is 12.7 Å². The number of ether oxygens (including phenoxy) is 2. The molecule has 0 radical (unpaired) electrons. The van der Waals surface area contributed by atoms with Crippen LogP contribution in [0.4, 0.5) is 0 Å². The zero-order valence-corrected chi connectivity index (χ0v) is 17.7. The Morgan fingerprint density at radius 1 is 1.19 bits per heavy atom. The second kappa shape index (κ2) is 8.63. The smallest absolute Gasteiger partial charge is 0.265 e. The third-order valence-corrected chi connectivity index (χ3v) is 4.98. The van der Waals surface area contributed by atoms with Crippen molar-refractivity contribution in [1.29, 1.82) is 0 Å². The number of carbonyl (C=O) groups excluding carboxylic acids is 2. The van der Waals surface area contributed by atoms with Crippen LogP contribution in [0, 0.1) is 3.57 Å². The fraction of sp³-hybridized carbons (Fsp3) is 0.278. The molecule has 1 aromatic carbocycles. The van der Waals surface area contributed by atoms with E-state index in [1.54, 1.807) is 32.3 Å². The summed E-state index contributed by atoms with van der Waals surface area (Å²) in [5.41, 5.74) is 0.705. The van der Waals surface area contributed by atoms with Gasteiger partial charge < -0.3 is 9.47 Å². The van der Waals surface area contributed by atoms with E-state index in [2.05, 4.69) is 29.2 Å². The molecule has 1 saturated heterocycles. The van der Waals surface area contributed by atoms with E-state index in [0.29, 0.717) is 30.3 Å². The van der Waals surface area contributed by atoms with E-state index in [4.69, 9.17) is 21.7 Å². The monoisotopic (exact) mass is 486 g/mol. The highest BCUT2D eigenvalue weighted by molar-refractivity contribution is 14.1. The van der Waals surface area contributed by atoms with Gasteiger partial charge in [0.2, 0.25) is 0 Å². The van der Waals surface area contributed by atoms with E-state index in [1.165, 1.54) is 9.80 Å². The number of amides is 2. The van der Waals surface area contributed by atoms with E-state index in [9.17, 15) is 9.59 Å². The number of thiocarbonyl (C=S) groups is 1. The molecule has 1 heterocycles. The van der Waals surface area contributed by atoms with Gasteiger partial charge in [0.25, 0.3) is 11.8 Å². The molecule has 0 unspecified atom stereocenters. The first-order chi connectivity index (χ1) is 12.3. The fourth-order valence-corrected chi connectivity index (χ4v) is 3.31. The van der Waals surface area contributed by atoms with Crippen LogP contribution in [0.1, 0.15) is 12.5 Å². The van der Waals surface area contributed by atoms with Crippen molar-refractivity contribution < 1.29 is 19.1 Å². The molecule has 0 aliphatic carbocycles. The number of rotatable bonds is 6. The van der Waals surface area contributed by atoms with Gasteiger partial charge in [0.15, 0.2) is 16.6 Å². The maximum atomic E-state index is 12.5. The quantitative estimate of drug-likeness (QED) is 0.204. The van der Waals surface area contributed by atoms with Gasteiger partial charge in [-0.2, -0.15) is 0 Å². The lowest BCUT2D eigenvalue weighted by Gasteiger charge is -2.31. The molecule has 1 aliphatic rings. The molecule has 1 fully saturated rings. The summed E-state index contributed by atoms with van der Waals surface area (Å²) in [6, 6.07) is 3.56. The summed E-state index contributed by atoms with van der Waals surface area (Å²) in [7, 11) is 3.09. The molecule has 0 N–H and O–H groups in total. The zero-order chi connectivity index (χ0) is 19.4. The predicted octanol–water partition coefficient (Wildman–Crippen LogP) is 2.85. The number of likely N-dealkylation sites (N-methyl/N-ethyl adjacent to an activating group) is 2. The summed E-state index contributed by atoms with van der Waals surface area (Å²) in [6.07, 6.45) is 3.19. The van der Waals surface area contributed by atoms with Crippen molar-refractivity contribution >= 4 is 57.8 Å². The number of nitrogens with zero attached hydrogens (tertiary/aromatic N) is 2.